The Kier molecular flexibility index (Phi) is 4.19. The molecule has 0 aromatic rings. The van der Waals surface area contributed by atoms with E-state index in [-0.39, 0.29) is 23.8 Å². The first-order chi connectivity index (χ1) is 8.70. The molecule has 0 unspecified atom stereocenters. The van der Waals surface area contributed by atoms with Crippen molar-refractivity contribution >= 4 is 11.8 Å². The normalized spacial score (nSPS) is 29.8. The third-order valence-electron chi connectivity index (χ3n) is 3.70. The average molecular weight is 246 g/mol. The largest absolute Gasteiger partial charge is 0.462 e. The molecule has 2 fully saturated rings. The molecule has 0 spiro atoms. The summed E-state index contributed by atoms with van der Waals surface area (Å²) in [5.41, 5.74) is 0. The Bertz CT molecular complexity index is 425. The molecule has 0 radical (unpaired) electrons. The molecular formula is C15H18O3. The minimum Gasteiger partial charge on any atom is -0.462 e. The number of carbonyl (C=O) groups is 2. The van der Waals surface area contributed by atoms with Crippen LogP contribution in [0.4, 0.5) is 0 Å². The molecule has 1 heterocycles. The standard InChI is InChI=1S/C15H18O3/c1-2-3-4-5-12(16)8-6-11-7-9-14-13(11)10-15(17)18-14/h6,8,11,13-14H,4-5,7,9-10H2,1H3/b8-6+/t11-,13+,14-/m0/s1. The van der Waals surface area contributed by atoms with Crippen molar-refractivity contribution in [2.45, 2.75) is 45.1 Å². The number of carbonyl (C=O) groups excluding carboxylic acids is 2. The summed E-state index contributed by atoms with van der Waals surface area (Å²) in [6, 6.07) is 0. The van der Waals surface area contributed by atoms with Crippen LogP contribution in [0.15, 0.2) is 12.2 Å². The number of ketones is 1. The first kappa shape index (κ1) is 12.9. The van der Waals surface area contributed by atoms with Crippen LogP contribution >= 0.6 is 0 Å². The van der Waals surface area contributed by atoms with Gasteiger partial charge in [-0.2, -0.15) is 0 Å². The highest BCUT2D eigenvalue weighted by atomic mass is 16.5. The Morgan fingerprint density at radius 3 is 3.11 bits per heavy atom. The van der Waals surface area contributed by atoms with Gasteiger partial charge < -0.3 is 4.74 Å². The summed E-state index contributed by atoms with van der Waals surface area (Å²) in [4.78, 5) is 22.8. The van der Waals surface area contributed by atoms with Crippen molar-refractivity contribution in [3.8, 4) is 11.8 Å². The molecule has 3 nitrogen and oxygen atoms in total. The molecule has 3 heteroatoms. The quantitative estimate of drug-likeness (QED) is 0.434. The number of fused-ring (bicyclic) bond motifs is 1. The van der Waals surface area contributed by atoms with Gasteiger partial charge in [0.05, 0.1) is 6.42 Å². The summed E-state index contributed by atoms with van der Waals surface area (Å²) < 4.78 is 5.23. The van der Waals surface area contributed by atoms with Gasteiger partial charge in [0.25, 0.3) is 0 Å². The predicted molar refractivity (Wildman–Crippen MR) is 67.5 cm³/mol. The van der Waals surface area contributed by atoms with Crippen molar-refractivity contribution < 1.29 is 14.3 Å². The molecule has 96 valence electrons. The van der Waals surface area contributed by atoms with Crippen molar-refractivity contribution in [3.63, 3.8) is 0 Å². The fraction of sp³-hybridized carbons (Fsp3) is 0.600. The van der Waals surface area contributed by atoms with Crippen molar-refractivity contribution in [2.75, 3.05) is 0 Å². The zero-order chi connectivity index (χ0) is 13.0. The number of rotatable bonds is 4. The molecule has 1 saturated carbocycles. The van der Waals surface area contributed by atoms with Gasteiger partial charge in [-0.1, -0.05) is 6.08 Å². The summed E-state index contributed by atoms with van der Waals surface area (Å²) in [6.45, 7) is 1.77. The molecule has 1 saturated heterocycles. The number of hydrogen-bond donors (Lipinski definition) is 0. The van der Waals surface area contributed by atoms with E-state index in [0.29, 0.717) is 25.2 Å². The van der Waals surface area contributed by atoms with Crippen LogP contribution in [0.5, 0.6) is 0 Å². The SMILES string of the molecule is CC#CCCC(=O)/C=C/[C@H]1CC[C@@H]2OC(=O)C[C@@H]21. The molecule has 0 amide bonds. The van der Waals surface area contributed by atoms with Gasteiger partial charge in [-0.05, 0) is 31.8 Å². The smallest absolute Gasteiger partial charge is 0.306 e. The van der Waals surface area contributed by atoms with E-state index in [1.807, 2.05) is 6.08 Å². The van der Waals surface area contributed by atoms with Gasteiger partial charge >= 0.3 is 5.97 Å². The van der Waals surface area contributed by atoms with E-state index in [1.54, 1.807) is 13.0 Å². The third-order valence-corrected chi connectivity index (χ3v) is 3.70. The fourth-order valence-corrected chi connectivity index (χ4v) is 2.76. The molecule has 3 atom stereocenters. The van der Waals surface area contributed by atoms with E-state index >= 15 is 0 Å². The van der Waals surface area contributed by atoms with Gasteiger partial charge in [0.15, 0.2) is 5.78 Å². The van der Waals surface area contributed by atoms with Crippen LogP contribution in [-0.4, -0.2) is 17.9 Å². The highest BCUT2D eigenvalue weighted by Crippen LogP contribution is 2.41. The first-order valence-electron chi connectivity index (χ1n) is 6.51. The monoisotopic (exact) mass is 246 g/mol. The van der Waals surface area contributed by atoms with Crippen LogP contribution in [0.2, 0.25) is 0 Å². The Labute approximate surface area is 108 Å². The van der Waals surface area contributed by atoms with Crippen LogP contribution in [0, 0.1) is 23.7 Å². The first-order valence-corrected chi connectivity index (χ1v) is 6.51. The number of hydrogen-bond acceptors (Lipinski definition) is 3. The van der Waals surface area contributed by atoms with E-state index in [9.17, 15) is 9.59 Å². The topological polar surface area (TPSA) is 43.4 Å². The highest BCUT2D eigenvalue weighted by molar-refractivity contribution is 5.89. The molecule has 0 bridgehead atoms. The summed E-state index contributed by atoms with van der Waals surface area (Å²) in [7, 11) is 0. The molecule has 18 heavy (non-hydrogen) atoms. The van der Waals surface area contributed by atoms with Gasteiger partial charge in [0, 0.05) is 18.8 Å². The lowest BCUT2D eigenvalue weighted by Crippen LogP contribution is -2.12. The third kappa shape index (κ3) is 3.01. The van der Waals surface area contributed by atoms with Crippen molar-refractivity contribution in [3.05, 3.63) is 12.2 Å². The van der Waals surface area contributed by atoms with E-state index in [2.05, 4.69) is 11.8 Å². The van der Waals surface area contributed by atoms with Gasteiger partial charge in [-0.3, -0.25) is 9.59 Å². The maximum atomic E-state index is 11.6. The van der Waals surface area contributed by atoms with E-state index in [4.69, 9.17) is 4.74 Å². The predicted octanol–water partition coefficient (Wildman–Crippen LogP) is 2.26. The second kappa shape index (κ2) is 5.86. The summed E-state index contributed by atoms with van der Waals surface area (Å²) in [6.07, 6.45) is 7.28. The van der Waals surface area contributed by atoms with Crippen LogP contribution < -0.4 is 0 Å². The maximum Gasteiger partial charge on any atom is 0.306 e. The summed E-state index contributed by atoms with van der Waals surface area (Å²) >= 11 is 0. The second-order valence-electron chi connectivity index (χ2n) is 4.89. The van der Waals surface area contributed by atoms with Crippen molar-refractivity contribution in [1.29, 1.82) is 0 Å². The lowest BCUT2D eigenvalue weighted by atomic mass is 9.92. The van der Waals surface area contributed by atoms with Gasteiger partial charge in [-0.25, -0.2) is 0 Å². The maximum absolute atomic E-state index is 11.6. The van der Waals surface area contributed by atoms with E-state index < -0.39 is 0 Å². The minimum absolute atomic E-state index is 0.0901. The lowest BCUT2D eigenvalue weighted by molar-refractivity contribution is -0.141. The Hall–Kier alpha value is -1.56. The van der Waals surface area contributed by atoms with Crippen molar-refractivity contribution in [2.24, 2.45) is 11.8 Å². The summed E-state index contributed by atoms with van der Waals surface area (Å²) in [5.74, 6) is 6.29. The molecule has 1 aliphatic heterocycles. The number of allylic oxidation sites excluding steroid dienone is 2. The number of esters is 1. The average Bonchev–Trinajstić information content (AvgIpc) is 2.86. The molecule has 2 rings (SSSR count). The van der Waals surface area contributed by atoms with Gasteiger partial charge in [0.2, 0.25) is 0 Å². The van der Waals surface area contributed by atoms with Crippen molar-refractivity contribution in [1.82, 2.24) is 0 Å². The summed E-state index contributed by atoms with van der Waals surface area (Å²) in [5, 5.41) is 0. The molecule has 0 aromatic heterocycles. The van der Waals surface area contributed by atoms with Crippen LogP contribution in [0.25, 0.3) is 0 Å². The molecule has 1 aliphatic carbocycles. The van der Waals surface area contributed by atoms with E-state index in [1.165, 1.54) is 0 Å². The minimum atomic E-state index is -0.0901. The van der Waals surface area contributed by atoms with Crippen LogP contribution in [-0.2, 0) is 14.3 Å². The molecule has 0 aromatic carbocycles. The number of ether oxygens (including phenoxy) is 1. The second-order valence-corrected chi connectivity index (χ2v) is 4.89. The molecular weight excluding hydrogens is 228 g/mol. The van der Waals surface area contributed by atoms with Crippen LogP contribution in [0.1, 0.15) is 39.0 Å². The van der Waals surface area contributed by atoms with Crippen LogP contribution in [0.3, 0.4) is 0 Å². The van der Waals surface area contributed by atoms with Gasteiger partial charge in [-0.15, -0.1) is 11.8 Å². The Balaban J connectivity index is 1.83. The fourth-order valence-electron chi connectivity index (χ4n) is 2.76. The Morgan fingerprint density at radius 2 is 2.33 bits per heavy atom. The lowest BCUT2D eigenvalue weighted by Gasteiger charge is -2.10. The molecule has 0 N–H and O–H groups in total. The Morgan fingerprint density at radius 1 is 1.50 bits per heavy atom. The highest BCUT2D eigenvalue weighted by Gasteiger charge is 2.43. The zero-order valence-electron chi connectivity index (χ0n) is 10.6. The zero-order valence-corrected chi connectivity index (χ0v) is 10.6. The van der Waals surface area contributed by atoms with Gasteiger partial charge in [0.1, 0.15) is 6.10 Å². The molecule has 2 aliphatic rings. The van der Waals surface area contributed by atoms with E-state index in [0.717, 1.165) is 12.8 Å².